The van der Waals surface area contributed by atoms with Crippen LogP contribution in [-0.4, -0.2) is 35.1 Å². The van der Waals surface area contributed by atoms with Gasteiger partial charge in [-0.1, -0.05) is 6.07 Å². The van der Waals surface area contributed by atoms with Crippen LogP contribution in [0.5, 0.6) is 0 Å². The number of nitrogens with zero attached hydrogens (tertiary/aromatic N) is 5. The van der Waals surface area contributed by atoms with E-state index in [2.05, 4.69) is 30.1 Å². The van der Waals surface area contributed by atoms with Gasteiger partial charge < -0.3 is 4.98 Å². The van der Waals surface area contributed by atoms with E-state index in [0.717, 1.165) is 39.0 Å². The smallest absolute Gasteiger partial charge is 0.178 e. The van der Waals surface area contributed by atoms with E-state index in [1.165, 1.54) is 12.1 Å². The minimum absolute atomic E-state index is 0.282. The second-order valence-corrected chi connectivity index (χ2v) is 8.02. The summed E-state index contributed by atoms with van der Waals surface area (Å²) in [6.45, 7) is 3.90. The Kier molecular flexibility index (Phi) is 4.26. The summed E-state index contributed by atoms with van der Waals surface area (Å²) in [7, 11) is 0. The second-order valence-electron chi connectivity index (χ2n) is 8.02. The molecule has 1 aromatic carbocycles. The highest BCUT2D eigenvalue weighted by Crippen LogP contribution is 2.32. The fourth-order valence-electron chi connectivity index (χ4n) is 4.10. The SMILES string of the molecule is Cc1cc(F)cc(-c2ccnc3nc(-c4n[nH]c5ccc(-c6cnccc6C)nc45)[nH]c23)c1. The first-order valence-electron chi connectivity index (χ1n) is 10.5. The van der Waals surface area contributed by atoms with Gasteiger partial charge in [0.15, 0.2) is 17.2 Å². The zero-order valence-corrected chi connectivity index (χ0v) is 17.9. The third kappa shape index (κ3) is 3.23. The lowest BCUT2D eigenvalue weighted by Crippen LogP contribution is -1.90. The van der Waals surface area contributed by atoms with Gasteiger partial charge in [-0.15, -0.1) is 0 Å². The van der Waals surface area contributed by atoms with E-state index in [4.69, 9.17) is 4.98 Å². The summed E-state index contributed by atoms with van der Waals surface area (Å²) in [5.41, 5.74) is 8.60. The number of hydrogen-bond donors (Lipinski definition) is 2. The molecular formula is C25H18FN7. The Hall–Kier alpha value is -4.46. The molecule has 0 saturated carbocycles. The molecule has 0 radical (unpaired) electrons. The maximum atomic E-state index is 14.1. The summed E-state index contributed by atoms with van der Waals surface area (Å²) in [6, 6.07) is 12.6. The monoisotopic (exact) mass is 435 g/mol. The average molecular weight is 435 g/mol. The van der Waals surface area contributed by atoms with Gasteiger partial charge in [-0.25, -0.2) is 19.3 Å². The zero-order chi connectivity index (χ0) is 22.5. The highest BCUT2D eigenvalue weighted by atomic mass is 19.1. The van der Waals surface area contributed by atoms with Gasteiger partial charge >= 0.3 is 0 Å². The maximum absolute atomic E-state index is 14.1. The number of aromatic nitrogens is 7. The van der Waals surface area contributed by atoms with Crippen LogP contribution in [0.3, 0.4) is 0 Å². The number of pyridine rings is 3. The molecule has 0 spiro atoms. The first-order valence-corrected chi connectivity index (χ1v) is 10.5. The van der Waals surface area contributed by atoms with Crippen LogP contribution >= 0.6 is 0 Å². The minimum atomic E-state index is -0.282. The van der Waals surface area contributed by atoms with Crippen molar-refractivity contribution in [1.82, 2.24) is 35.1 Å². The van der Waals surface area contributed by atoms with Crippen molar-refractivity contribution in [3.05, 3.63) is 78.0 Å². The molecule has 8 heteroatoms. The molecule has 5 heterocycles. The summed E-state index contributed by atoms with van der Waals surface area (Å²) < 4.78 is 14.1. The van der Waals surface area contributed by atoms with Crippen LogP contribution < -0.4 is 0 Å². The Morgan fingerprint density at radius 1 is 0.909 bits per heavy atom. The normalized spacial score (nSPS) is 11.5. The number of aryl methyl sites for hydroxylation is 2. The Bertz CT molecular complexity index is 1640. The first-order chi connectivity index (χ1) is 16.1. The van der Waals surface area contributed by atoms with Crippen molar-refractivity contribution in [3.63, 3.8) is 0 Å². The molecule has 0 saturated heterocycles. The van der Waals surface area contributed by atoms with E-state index < -0.39 is 0 Å². The molecule has 0 aliphatic carbocycles. The number of halogens is 1. The third-order valence-electron chi connectivity index (χ3n) is 5.69. The average Bonchev–Trinajstić information content (AvgIpc) is 3.42. The number of hydrogen-bond acceptors (Lipinski definition) is 5. The van der Waals surface area contributed by atoms with Crippen LogP contribution in [0.2, 0.25) is 0 Å². The number of rotatable bonds is 3. The molecule has 0 fully saturated rings. The number of benzene rings is 1. The maximum Gasteiger partial charge on any atom is 0.178 e. The van der Waals surface area contributed by atoms with E-state index in [-0.39, 0.29) is 5.82 Å². The Morgan fingerprint density at radius 3 is 2.67 bits per heavy atom. The van der Waals surface area contributed by atoms with E-state index in [1.54, 1.807) is 12.4 Å². The van der Waals surface area contributed by atoms with Gasteiger partial charge in [0.25, 0.3) is 0 Å². The molecular weight excluding hydrogens is 417 g/mol. The molecule has 0 aliphatic heterocycles. The van der Waals surface area contributed by atoms with Gasteiger partial charge in [0, 0.05) is 29.7 Å². The standard InChI is InChI=1S/C25H18FN7/c1-13-9-15(11-16(26)10-13)17-6-8-28-24-21(17)30-25(31-24)23-22-20(32-33-23)4-3-19(29-22)18-12-27-7-5-14(18)2/h3-12H,1-2H3,(H,32,33)(H,28,30,31). The summed E-state index contributed by atoms with van der Waals surface area (Å²) in [5.74, 6) is 0.257. The van der Waals surface area contributed by atoms with Crippen LogP contribution in [0.25, 0.3) is 56.1 Å². The Morgan fingerprint density at radius 2 is 1.82 bits per heavy atom. The van der Waals surface area contributed by atoms with Crippen LogP contribution in [0.4, 0.5) is 4.39 Å². The highest BCUT2D eigenvalue weighted by molar-refractivity contribution is 5.95. The number of fused-ring (bicyclic) bond motifs is 2. The van der Waals surface area contributed by atoms with Crippen molar-refractivity contribution < 1.29 is 4.39 Å². The highest BCUT2D eigenvalue weighted by Gasteiger charge is 2.18. The van der Waals surface area contributed by atoms with Crippen LogP contribution in [-0.2, 0) is 0 Å². The Balaban J connectivity index is 1.52. The van der Waals surface area contributed by atoms with Crippen molar-refractivity contribution in [2.45, 2.75) is 13.8 Å². The van der Waals surface area contributed by atoms with Gasteiger partial charge in [0.05, 0.1) is 16.7 Å². The van der Waals surface area contributed by atoms with Crippen LogP contribution in [0.15, 0.2) is 61.1 Å². The van der Waals surface area contributed by atoms with E-state index >= 15 is 0 Å². The van der Waals surface area contributed by atoms with Gasteiger partial charge in [0.1, 0.15) is 11.3 Å². The second kappa shape index (κ2) is 7.30. The lowest BCUT2D eigenvalue weighted by atomic mass is 10.0. The lowest BCUT2D eigenvalue weighted by Gasteiger charge is -2.05. The largest absolute Gasteiger partial charge is 0.335 e. The topological polar surface area (TPSA) is 96.0 Å². The molecule has 0 unspecified atom stereocenters. The molecule has 5 aromatic heterocycles. The molecule has 6 aromatic rings. The minimum Gasteiger partial charge on any atom is -0.335 e. The fourth-order valence-corrected chi connectivity index (χ4v) is 4.10. The van der Waals surface area contributed by atoms with Gasteiger partial charge in [-0.05, 0) is 66.9 Å². The summed E-state index contributed by atoms with van der Waals surface area (Å²) >= 11 is 0. The fraction of sp³-hybridized carbons (Fsp3) is 0.0800. The summed E-state index contributed by atoms with van der Waals surface area (Å²) in [4.78, 5) is 21.5. The number of nitrogens with one attached hydrogen (secondary N) is 2. The molecule has 2 N–H and O–H groups in total. The predicted octanol–water partition coefficient (Wildman–Crippen LogP) is 5.38. The predicted molar refractivity (Wildman–Crippen MR) is 125 cm³/mol. The van der Waals surface area contributed by atoms with Crippen LogP contribution in [0, 0.1) is 19.7 Å². The quantitative estimate of drug-likeness (QED) is 0.389. The summed E-state index contributed by atoms with van der Waals surface area (Å²) in [6.07, 6.45) is 5.24. The van der Waals surface area contributed by atoms with Crippen molar-refractivity contribution in [2.24, 2.45) is 0 Å². The third-order valence-corrected chi connectivity index (χ3v) is 5.69. The first kappa shape index (κ1) is 19.2. The van der Waals surface area contributed by atoms with Crippen molar-refractivity contribution in [2.75, 3.05) is 0 Å². The van der Waals surface area contributed by atoms with Crippen molar-refractivity contribution in [3.8, 4) is 33.9 Å². The van der Waals surface area contributed by atoms with Crippen molar-refractivity contribution >= 4 is 22.2 Å². The van der Waals surface area contributed by atoms with E-state index in [1.807, 2.05) is 50.4 Å². The van der Waals surface area contributed by atoms with Crippen molar-refractivity contribution in [1.29, 1.82) is 0 Å². The molecule has 0 amide bonds. The lowest BCUT2D eigenvalue weighted by molar-refractivity contribution is 0.627. The van der Waals surface area contributed by atoms with E-state index in [0.29, 0.717) is 28.2 Å². The van der Waals surface area contributed by atoms with Gasteiger partial charge in [-0.3, -0.25) is 10.1 Å². The number of aromatic amines is 2. The zero-order valence-electron chi connectivity index (χ0n) is 17.9. The molecule has 0 atom stereocenters. The number of H-pyrrole nitrogens is 2. The Labute approximate surface area is 187 Å². The molecule has 0 aliphatic rings. The van der Waals surface area contributed by atoms with E-state index in [9.17, 15) is 4.39 Å². The van der Waals surface area contributed by atoms with Gasteiger partial charge in [-0.2, -0.15) is 5.10 Å². The van der Waals surface area contributed by atoms with Gasteiger partial charge in [0.2, 0.25) is 0 Å². The molecule has 33 heavy (non-hydrogen) atoms. The van der Waals surface area contributed by atoms with Crippen LogP contribution in [0.1, 0.15) is 11.1 Å². The molecule has 7 nitrogen and oxygen atoms in total. The summed E-state index contributed by atoms with van der Waals surface area (Å²) in [5, 5.41) is 7.49. The number of imidazole rings is 1. The molecule has 160 valence electrons. The molecule has 0 bridgehead atoms. The molecule has 6 rings (SSSR count).